The number of nitrogens with two attached hydrogens (primary N) is 1. The Morgan fingerprint density at radius 3 is 2.61 bits per heavy atom. The molecule has 3 N–H and O–H groups in total. The first-order valence-corrected chi connectivity index (χ1v) is 6.54. The van der Waals surface area contributed by atoms with Gasteiger partial charge >= 0.3 is 6.18 Å². The maximum atomic E-state index is 12.6. The minimum Gasteiger partial charge on any atom is -0.394 e. The van der Waals surface area contributed by atoms with Crippen LogP contribution in [0.3, 0.4) is 0 Å². The fraction of sp³-hybridized carbons (Fsp3) is 1.00. The number of rotatable bonds is 2. The molecule has 2 fully saturated rings. The summed E-state index contributed by atoms with van der Waals surface area (Å²) in [5, 5.41) is 9.27. The fourth-order valence-corrected chi connectivity index (χ4v) is 3.20. The summed E-state index contributed by atoms with van der Waals surface area (Å²) in [5.74, 6) is -1.19. The second-order valence-corrected chi connectivity index (χ2v) is 5.79. The van der Waals surface area contributed by atoms with Gasteiger partial charge in [0, 0.05) is 18.1 Å². The maximum absolute atomic E-state index is 12.6. The first kappa shape index (κ1) is 14.1. The summed E-state index contributed by atoms with van der Waals surface area (Å²) in [6, 6.07) is 0.100. The average Bonchev–Trinajstić information content (AvgIpc) is 2.78. The molecule has 2 rings (SSSR count). The Balaban J connectivity index is 1.93. The molecule has 1 saturated heterocycles. The Kier molecular flexibility index (Phi) is 3.90. The van der Waals surface area contributed by atoms with Crippen LogP contribution in [0.2, 0.25) is 0 Å². The molecule has 0 amide bonds. The lowest BCUT2D eigenvalue weighted by molar-refractivity contribution is -0.171. The van der Waals surface area contributed by atoms with Crippen LogP contribution in [0, 0.1) is 5.92 Å². The molecule has 0 spiro atoms. The normalized spacial score (nSPS) is 39.2. The summed E-state index contributed by atoms with van der Waals surface area (Å²) in [6.07, 6.45) is -0.750. The molecule has 0 bridgehead atoms. The van der Waals surface area contributed by atoms with E-state index in [1.165, 1.54) is 0 Å². The van der Waals surface area contributed by atoms with Crippen LogP contribution in [0.25, 0.3) is 0 Å². The number of likely N-dealkylation sites (tertiary alicyclic amines) is 1. The molecule has 0 aromatic carbocycles. The molecular formula is C12H21F3N2O. The number of hydrogen-bond donors (Lipinski definition) is 2. The highest BCUT2D eigenvalue weighted by Crippen LogP contribution is 2.37. The minimum absolute atomic E-state index is 0.0833. The lowest BCUT2D eigenvalue weighted by Gasteiger charge is -2.40. The van der Waals surface area contributed by atoms with Crippen molar-refractivity contribution in [2.24, 2.45) is 11.7 Å². The van der Waals surface area contributed by atoms with Crippen LogP contribution < -0.4 is 5.73 Å². The second kappa shape index (κ2) is 4.98. The predicted molar refractivity (Wildman–Crippen MR) is 62.0 cm³/mol. The quantitative estimate of drug-likeness (QED) is 0.796. The van der Waals surface area contributed by atoms with Gasteiger partial charge in [0.2, 0.25) is 0 Å². The van der Waals surface area contributed by atoms with Crippen LogP contribution in [0.1, 0.15) is 32.1 Å². The lowest BCUT2D eigenvalue weighted by Crippen LogP contribution is -2.52. The zero-order valence-electron chi connectivity index (χ0n) is 10.4. The molecule has 3 nitrogen and oxygen atoms in total. The molecule has 3 atom stereocenters. The number of halogens is 3. The van der Waals surface area contributed by atoms with Crippen molar-refractivity contribution in [3.8, 4) is 0 Å². The topological polar surface area (TPSA) is 49.5 Å². The van der Waals surface area contributed by atoms with Gasteiger partial charge in [-0.2, -0.15) is 13.2 Å². The van der Waals surface area contributed by atoms with Crippen LogP contribution in [0.15, 0.2) is 0 Å². The first-order chi connectivity index (χ1) is 8.34. The predicted octanol–water partition coefficient (Wildman–Crippen LogP) is 1.50. The highest BCUT2D eigenvalue weighted by Gasteiger charge is 2.46. The molecule has 1 aliphatic carbocycles. The van der Waals surface area contributed by atoms with Crippen molar-refractivity contribution < 1.29 is 18.3 Å². The molecule has 1 saturated carbocycles. The van der Waals surface area contributed by atoms with E-state index in [1.54, 1.807) is 0 Å². The van der Waals surface area contributed by atoms with Gasteiger partial charge in [-0.3, -0.25) is 4.90 Å². The summed E-state index contributed by atoms with van der Waals surface area (Å²) in [5.41, 5.74) is 5.44. The van der Waals surface area contributed by atoms with E-state index >= 15 is 0 Å². The maximum Gasteiger partial charge on any atom is 0.393 e. The van der Waals surface area contributed by atoms with Gasteiger partial charge in [-0.1, -0.05) is 0 Å². The zero-order chi connectivity index (χ0) is 13.4. The zero-order valence-corrected chi connectivity index (χ0v) is 10.4. The van der Waals surface area contributed by atoms with E-state index in [4.69, 9.17) is 5.73 Å². The smallest absolute Gasteiger partial charge is 0.393 e. The van der Waals surface area contributed by atoms with Gasteiger partial charge in [0.1, 0.15) is 0 Å². The Labute approximate surface area is 105 Å². The van der Waals surface area contributed by atoms with Crippen LogP contribution in [0.4, 0.5) is 13.2 Å². The second-order valence-electron chi connectivity index (χ2n) is 5.79. The largest absolute Gasteiger partial charge is 0.394 e. The average molecular weight is 266 g/mol. The van der Waals surface area contributed by atoms with E-state index < -0.39 is 17.6 Å². The number of hydrogen-bond acceptors (Lipinski definition) is 3. The van der Waals surface area contributed by atoms with Gasteiger partial charge in [-0.05, 0) is 38.6 Å². The fourth-order valence-electron chi connectivity index (χ4n) is 3.20. The van der Waals surface area contributed by atoms with E-state index in [9.17, 15) is 18.3 Å². The summed E-state index contributed by atoms with van der Waals surface area (Å²) in [7, 11) is 0. The van der Waals surface area contributed by atoms with Gasteiger partial charge in [0.05, 0.1) is 12.5 Å². The third-order valence-corrected chi connectivity index (χ3v) is 4.37. The van der Waals surface area contributed by atoms with Crippen LogP contribution in [0.5, 0.6) is 0 Å². The number of aliphatic hydroxyl groups excluding tert-OH is 1. The molecule has 0 radical (unpaired) electrons. The molecule has 3 unspecified atom stereocenters. The van der Waals surface area contributed by atoms with Crippen molar-refractivity contribution in [3.05, 3.63) is 0 Å². The van der Waals surface area contributed by atoms with Crippen molar-refractivity contribution >= 4 is 0 Å². The van der Waals surface area contributed by atoms with Crippen LogP contribution in [-0.2, 0) is 0 Å². The van der Waals surface area contributed by atoms with Crippen molar-refractivity contribution in [1.82, 2.24) is 4.90 Å². The SMILES string of the molecule is NC1(CO)CCCC(N2CCC(C(F)(F)F)C2)C1. The van der Waals surface area contributed by atoms with Gasteiger partial charge in [0.25, 0.3) is 0 Å². The Morgan fingerprint density at radius 1 is 1.33 bits per heavy atom. The van der Waals surface area contributed by atoms with E-state index in [2.05, 4.69) is 0 Å². The molecule has 2 aliphatic rings. The van der Waals surface area contributed by atoms with Gasteiger partial charge in [0.15, 0.2) is 0 Å². The Hall–Kier alpha value is -0.330. The standard InChI is InChI=1S/C12H21F3N2O/c13-12(14,15)9-3-5-17(7-9)10-2-1-4-11(16,6-10)8-18/h9-10,18H,1-8,16H2. The van der Waals surface area contributed by atoms with E-state index in [-0.39, 0.29) is 25.6 Å². The van der Waals surface area contributed by atoms with Crippen LogP contribution in [-0.4, -0.2) is 47.5 Å². The third kappa shape index (κ3) is 2.97. The third-order valence-electron chi connectivity index (χ3n) is 4.37. The molecule has 1 aliphatic heterocycles. The number of aliphatic hydroxyl groups is 1. The van der Waals surface area contributed by atoms with E-state index in [0.717, 1.165) is 19.3 Å². The van der Waals surface area contributed by atoms with E-state index in [1.807, 2.05) is 4.90 Å². The van der Waals surface area contributed by atoms with Gasteiger partial charge in [-0.15, -0.1) is 0 Å². The highest BCUT2D eigenvalue weighted by molar-refractivity contribution is 4.96. The summed E-state index contributed by atoms with van der Waals surface area (Å²) < 4.78 is 37.9. The van der Waals surface area contributed by atoms with Crippen molar-refractivity contribution in [3.63, 3.8) is 0 Å². The molecule has 0 aromatic heterocycles. The molecule has 0 aromatic rings. The van der Waals surface area contributed by atoms with E-state index in [0.29, 0.717) is 13.0 Å². The first-order valence-electron chi connectivity index (χ1n) is 6.54. The summed E-state index contributed by atoms with van der Waals surface area (Å²) in [6.45, 7) is 0.506. The van der Waals surface area contributed by atoms with Crippen molar-refractivity contribution in [2.75, 3.05) is 19.7 Å². The molecule has 6 heteroatoms. The monoisotopic (exact) mass is 266 g/mol. The molecule has 1 heterocycles. The number of nitrogens with zero attached hydrogens (tertiary/aromatic N) is 1. The highest BCUT2D eigenvalue weighted by atomic mass is 19.4. The van der Waals surface area contributed by atoms with Crippen molar-refractivity contribution in [1.29, 1.82) is 0 Å². The lowest BCUT2D eigenvalue weighted by atomic mass is 9.80. The van der Waals surface area contributed by atoms with Gasteiger partial charge in [-0.25, -0.2) is 0 Å². The molecular weight excluding hydrogens is 245 g/mol. The number of alkyl halides is 3. The molecule has 18 heavy (non-hydrogen) atoms. The van der Waals surface area contributed by atoms with Gasteiger partial charge < -0.3 is 10.8 Å². The summed E-state index contributed by atoms with van der Waals surface area (Å²) in [4.78, 5) is 1.91. The van der Waals surface area contributed by atoms with Crippen LogP contribution >= 0.6 is 0 Å². The summed E-state index contributed by atoms with van der Waals surface area (Å²) >= 11 is 0. The Bertz CT molecular complexity index is 298. The Morgan fingerprint density at radius 2 is 2.06 bits per heavy atom. The molecule has 106 valence electrons. The minimum atomic E-state index is -4.08. The van der Waals surface area contributed by atoms with Crippen molar-refractivity contribution in [2.45, 2.75) is 49.9 Å².